The summed E-state index contributed by atoms with van der Waals surface area (Å²) in [5.41, 5.74) is 8.26. The Kier molecular flexibility index (Phi) is 9.53. The number of ether oxygens (including phenoxy) is 2. The van der Waals surface area contributed by atoms with Crippen LogP contribution in [0.2, 0.25) is 0 Å². The van der Waals surface area contributed by atoms with Gasteiger partial charge in [-0.1, -0.05) is 30.3 Å². The Balaban J connectivity index is 1.45. The van der Waals surface area contributed by atoms with Crippen LogP contribution in [0.3, 0.4) is 0 Å². The van der Waals surface area contributed by atoms with Crippen LogP contribution in [0.5, 0.6) is 5.75 Å². The number of para-hydroxylation sites is 1. The summed E-state index contributed by atoms with van der Waals surface area (Å²) in [4.78, 5) is 37.2. The number of hydrogen-bond donors (Lipinski definition) is 3. The standard InChI is InChI=1S/C31H33N5O5S/c1-6-40-30(39)28-19(3)33-31(42)34-29(28)25-12-7-8-13-26(25)41-17-27(38)35-32-16-23-14-18(2)36(20(23)4)24-11-9-10-22(15-24)21(5)37/h7-16,29H,6,17H2,1-5H3,(H,35,38)(H2,33,34,42)/t29-/m0/s1. The summed E-state index contributed by atoms with van der Waals surface area (Å²) >= 11 is 5.32. The van der Waals surface area contributed by atoms with Crippen molar-refractivity contribution in [3.63, 3.8) is 0 Å². The van der Waals surface area contributed by atoms with Crippen LogP contribution >= 0.6 is 12.2 Å². The van der Waals surface area contributed by atoms with E-state index in [1.165, 1.54) is 6.92 Å². The molecule has 11 heteroatoms. The van der Waals surface area contributed by atoms with E-state index in [-0.39, 0.29) is 19.0 Å². The molecule has 2 heterocycles. The summed E-state index contributed by atoms with van der Waals surface area (Å²) < 4.78 is 13.1. The van der Waals surface area contributed by atoms with Crippen molar-refractivity contribution >= 4 is 41.2 Å². The molecule has 10 nitrogen and oxygen atoms in total. The first-order valence-corrected chi connectivity index (χ1v) is 13.8. The highest BCUT2D eigenvalue weighted by atomic mass is 32.1. The van der Waals surface area contributed by atoms with E-state index in [2.05, 4.69) is 21.2 Å². The molecule has 1 atom stereocenters. The Morgan fingerprint density at radius 3 is 2.60 bits per heavy atom. The number of allylic oxidation sites excluding steroid dienone is 1. The van der Waals surface area contributed by atoms with Gasteiger partial charge >= 0.3 is 5.97 Å². The number of nitrogens with one attached hydrogen (secondary N) is 3. The Bertz CT molecular complexity index is 1610. The van der Waals surface area contributed by atoms with Gasteiger partial charge in [0, 0.05) is 39.5 Å². The van der Waals surface area contributed by atoms with Crippen molar-refractivity contribution in [1.29, 1.82) is 0 Å². The van der Waals surface area contributed by atoms with Gasteiger partial charge in [0.1, 0.15) is 5.75 Å². The van der Waals surface area contributed by atoms with Crippen molar-refractivity contribution in [3.8, 4) is 11.4 Å². The molecular weight excluding hydrogens is 554 g/mol. The molecule has 1 amide bonds. The number of Topliss-reactive ketones (excluding diaryl/α,β-unsaturated/α-hetero) is 1. The Hall–Kier alpha value is -4.77. The van der Waals surface area contributed by atoms with Gasteiger partial charge in [-0.15, -0.1) is 0 Å². The summed E-state index contributed by atoms with van der Waals surface area (Å²) in [7, 11) is 0. The van der Waals surface area contributed by atoms with E-state index >= 15 is 0 Å². The van der Waals surface area contributed by atoms with Crippen LogP contribution < -0.4 is 20.8 Å². The molecular formula is C31H33N5O5S. The van der Waals surface area contributed by atoms with Gasteiger partial charge in [0.15, 0.2) is 17.5 Å². The third-order valence-electron chi connectivity index (χ3n) is 6.73. The molecule has 0 radical (unpaired) electrons. The summed E-state index contributed by atoms with van der Waals surface area (Å²) in [6.07, 6.45) is 1.57. The molecule has 0 fully saturated rings. The Labute approximate surface area is 249 Å². The van der Waals surface area contributed by atoms with Gasteiger partial charge in [0.25, 0.3) is 5.91 Å². The Morgan fingerprint density at radius 1 is 1.10 bits per heavy atom. The predicted octanol–water partition coefficient (Wildman–Crippen LogP) is 4.18. The number of carbonyl (C=O) groups excluding carboxylic acids is 3. The molecule has 0 saturated heterocycles. The van der Waals surface area contributed by atoms with Crippen LogP contribution in [0.25, 0.3) is 5.69 Å². The van der Waals surface area contributed by atoms with Crippen LogP contribution in [-0.4, -0.2) is 46.8 Å². The van der Waals surface area contributed by atoms with E-state index < -0.39 is 17.9 Å². The van der Waals surface area contributed by atoms with Gasteiger partial charge in [-0.25, -0.2) is 10.2 Å². The minimum atomic E-state index is -0.624. The van der Waals surface area contributed by atoms with Gasteiger partial charge in [0.2, 0.25) is 0 Å². The van der Waals surface area contributed by atoms with Crippen molar-refractivity contribution < 1.29 is 23.9 Å². The fourth-order valence-corrected chi connectivity index (χ4v) is 5.06. The summed E-state index contributed by atoms with van der Waals surface area (Å²) in [6.45, 7) is 8.85. The summed E-state index contributed by atoms with van der Waals surface area (Å²) in [6, 6.07) is 15.8. The molecule has 42 heavy (non-hydrogen) atoms. The maximum absolute atomic E-state index is 12.7. The van der Waals surface area contributed by atoms with Crippen LogP contribution in [0.1, 0.15) is 59.7 Å². The smallest absolute Gasteiger partial charge is 0.338 e. The van der Waals surface area contributed by atoms with E-state index in [0.29, 0.717) is 33.3 Å². The quantitative estimate of drug-likeness (QED) is 0.106. The maximum atomic E-state index is 12.7. The van der Waals surface area contributed by atoms with Gasteiger partial charge in [-0.05, 0) is 71.1 Å². The van der Waals surface area contributed by atoms with Crippen LogP contribution in [0.4, 0.5) is 0 Å². The third-order valence-corrected chi connectivity index (χ3v) is 6.95. The molecule has 0 bridgehead atoms. The SMILES string of the molecule is CCOC(=O)C1=C(C)NC(=S)N[C@H]1c1ccccc1OCC(=O)NN=Cc1cc(C)n(-c2cccc(C(C)=O)c2)c1C. The summed E-state index contributed by atoms with van der Waals surface area (Å²) in [5.74, 6) is -0.537. The molecule has 0 unspecified atom stereocenters. The molecule has 0 aliphatic carbocycles. The number of ketones is 1. The first-order valence-electron chi connectivity index (χ1n) is 13.4. The molecule has 4 rings (SSSR count). The van der Waals surface area contributed by atoms with Crippen molar-refractivity contribution in [2.24, 2.45) is 5.10 Å². The topological polar surface area (TPSA) is 123 Å². The van der Waals surface area contributed by atoms with Crippen molar-refractivity contribution in [1.82, 2.24) is 20.6 Å². The second-order valence-corrected chi connectivity index (χ2v) is 10.1. The maximum Gasteiger partial charge on any atom is 0.338 e. The fraction of sp³-hybridized carbons (Fsp3) is 0.258. The number of aromatic nitrogens is 1. The number of benzene rings is 2. The third kappa shape index (κ3) is 6.74. The van der Waals surface area contributed by atoms with E-state index in [0.717, 1.165) is 22.6 Å². The van der Waals surface area contributed by atoms with E-state index in [1.807, 2.05) is 48.7 Å². The average Bonchev–Trinajstić information content (AvgIpc) is 3.24. The van der Waals surface area contributed by atoms with Crippen molar-refractivity contribution in [2.75, 3.05) is 13.2 Å². The number of thiocarbonyl (C=S) groups is 1. The highest BCUT2D eigenvalue weighted by Crippen LogP contribution is 2.33. The second-order valence-electron chi connectivity index (χ2n) is 9.68. The first-order chi connectivity index (χ1) is 20.1. The molecule has 218 valence electrons. The lowest BCUT2D eigenvalue weighted by atomic mass is 9.95. The predicted molar refractivity (Wildman–Crippen MR) is 164 cm³/mol. The lowest BCUT2D eigenvalue weighted by Crippen LogP contribution is -2.45. The number of rotatable bonds is 10. The first kappa shape index (κ1) is 30.2. The number of carbonyl (C=O) groups is 3. The zero-order valence-corrected chi connectivity index (χ0v) is 24.9. The van der Waals surface area contributed by atoms with Crippen molar-refractivity contribution in [3.05, 3.63) is 93.9 Å². The van der Waals surface area contributed by atoms with Gasteiger partial charge in [0.05, 0.1) is 24.4 Å². The number of nitrogens with zero attached hydrogens (tertiary/aromatic N) is 2. The minimum absolute atomic E-state index is 0.00450. The highest BCUT2D eigenvalue weighted by molar-refractivity contribution is 7.80. The molecule has 3 aromatic rings. The normalized spacial score (nSPS) is 14.8. The van der Waals surface area contributed by atoms with Gasteiger partial charge in [-0.2, -0.15) is 5.10 Å². The van der Waals surface area contributed by atoms with Crippen LogP contribution in [-0.2, 0) is 14.3 Å². The number of hydrazone groups is 1. The molecule has 1 aromatic heterocycles. The van der Waals surface area contributed by atoms with Gasteiger partial charge in [-0.3, -0.25) is 9.59 Å². The molecule has 3 N–H and O–H groups in total. The summed E-state index contributed by atoms with van der Waals surface area (Å²) in [5, 5.41) is 10.5. The fourth-order valence-electron chi connectivity index (χ4n) is 4.79. The average molecular weight is 588 g/mol. The Morgan fingerprint density at radius 2 is 1.86 bits per heavy atom. The van der Waals surface area contributed by atoms with Crippen molar-refractivity contribution in [2.45, 2.75) is 40.7 Å². The number of hydrogen-bond acceptors (Lipinski definition) is 7. The molecule has 2 aromatic carbocycles. The van der Waals surface area contributed by atoms with Crippen LogP contribution in [0, 0.1) is 13.8 Å². The molecule has 1 aliphatic heterocycles. The van der Waals surface area contributed by atoms with E-state index in [1.54, 1.807) is 44.3 Å². The second kappa shape index (κ2) is 13.3. The minimum Gasteiger partial charge on any atom is -0.483 e. The van der Waals surface area contributed by atoms with Gasteiger partial charge < -0.3 is 24.7 Å². The number of esters is 1. The number of aryl methyl sites for hydroxylation is 1. The molecule has 0 saturated carbocycles. The lowest BCUT2D eigenvalue weighted by molar-refractivity contribution is -0.139. The zero-order chi connectivity index (χ0) is 30.4. The largest absolute Gasteiger partial charge is 0.483 e. The number of amides is 1. The lowest BCUT2D eigenvalue weighted by Gasteiger charge is -2.30. The van der Waals surface area contributed by atoms with Crippen LogP contribution in [0.15, 0.2) is 71.0 Å². The highest BCUT2D eigenvalue weighted by Gasteiger charge is 2.32. The molecule has 0 spiro atoms. The zero-order valence-electron chi connectivity index (χ0n) is 24.1. The monoisotopic (exact) mass is 587 g/mol. The van der Waals surface area contributed by atoms with E-state index in [4.69, 9.17) is 21.7 Å². The molecule has 1 aliphatic rings. The van der Waals surface area contributed by atoms with E-state index in [9.17, 15) is 14.4 Å².